The first-order valence-corrected chi connectivity index (χ1v) is 7.62. The van der Waals surface area contributed by atoms with Gasteiger partial charge in [0.05, 0.1) is 0 Å². The van der Waals surface area contributed by atoms with Gasteiger partial charge in [0, 0.05) is 18.8 Å². The number of likely N-dealkylation sites (N-methyl/N-ethyl adjacent to an activating group) is 1. The van der Waals surface area contributed by atoms with Crippen LogP contribution in [0.2, 0.25) is 0 Å². The highest BCUT2D eigenvalue weighted by Gasteiger charge is 2.22. The molecule has 0 saturated heterocycles. The Morgan fingerprint density at radius 2 is 2.00 bits per heavy atom. The van der Waals surface area contributed by atoms with E-state index in [0.717, 1.165) is 19.3 Å². The van der Waals surface area contributed by atoms with Gasteiger partial charge in [-0.25, -0.2) is 4.39 Å². The fraction of sp³-hybridized carbons (Fsp3) is 0.412. The van der Waals surface area contributed by atoms with Crippen LogP contribution in [0.3, 0.4) is 0 Å². The summed E-state index contributed by atoms with van der Waals surface area (Å²) in [5.41, 5.74) is 0.518. The van der Waals surface area contributed by atoms with Crippen LogP contribution in [-0.2, 0) is 9.59 Å². The summed E-state index contributed by atoms with van der Waals surface area (Å²) in [4.78, 5) is 25.6. The van der Waals surface area contributed by atoms with Gasteiger partial charge in [-0.15, -0.1) is 0 Å². The standard InChI is InChI=1S/C17H21FN2O2/c1-2-20(15-10-8-14(18)9-11-15)17(22)16(21)19-12-13-6-4-3-5-7-13/h3-4,8-11,13H,2,5-7,12H2,1H3,(H,19,21). The molecule has 0 aromatic heterocycles. The molecule has 2 amide bonds. The maximum Gasteiger partial charge on any atom is 0.316 e. The quantitative estimate of drug-likeness (QED) is 0.687. The predicted molar refractivity (Wildman–Crippen MR) is 83.9 cm³/mol. The molecule has 0 saturated carbocycles. The molecule has 0 aliphatic heterocycles. The summed E-state index contributed by atoms with van der Waals surface area (Å²) in [5, 5.41) is 2.71. The van der Waals surface area contributed by atoms with Gasteiger partial charge >= 0.3 is 11.8 Å². The van der Waals surface area contributed by atoms with Gasteiger partial charge in [-0.2, -0.15) is 0 Å². The van der Waals surface area contributed by atoms with Crippen molar-refractivity contribution in [2.24, 2.45) is 5.92 Å². The molecule has 0 radical (unpaired) electrons. The highest BCUT2D eigenvalue weighted by molar-refractivity contribution is 6.40. The zero-order valence-corrected chi connectivity index (χ0v) is 12.7. The molecule has 0 heterocycles. The molecule has 5 heteroatoms. The molecule has 0 spiro atoms. The number of hydrogen-bond acceptors (Lipinski definition) is 2. The van der Waals surface area contributed by atoms with Gasteiger partial charge in [0.15, 0.2) is 0 Å². The van der Waals surface area contributed by atoms with Crippen LogP contribution in [-0.4, -0.2) is 24.9 Å². The molecule has 118 valence electrons. The first-order valence-electron chi connectivity index (χ1n) is 7.62. The lowest BCUT2D eigenvalue weighted by Crippen LogP contribution is -2.44. The van der Waals surface area contributed by atoms with Gasteiger partial charge in [0.25, 0.3) is 0 Å². The van der Waals surface area contributed by atoms with Gasteiger partial charge in [0.2, 0.25) is 0 Å². The van der Waals surface area contributed by atoms with E-state index < -0.39 is 11.8 Å². The Morgan fingerprint density at radius 3 is 2.59 bits per heavy atom. The van der Waals surface area contributed by atoms with E-state index in [1.165, 1.54) is 29.2 Å². The molecule has 0 bridgehead atoms. The molecule has 1 aromatic rings. The highest BCUT2D eigenvalue weighted by Crippen LogP contribution is 2.17. The molecule has 2 rings (SSSR count). The molecular weight excluding hydrogens is 283 g/mol. The van der Waals surface area contributed by atoms with Crippen LogP contribution < -0.4 is 10.2 Å². The number of carbonyl (C=O) groups excluding carboxylic acids is 2. The van der Waals surface area contributed by atoms with Crippen LogP contribution in [0.5, 0.6) is 0 Å². The Morgan fingerprint density at radius 1 is 1.27 bits per heavy atom. The fourth-order valence-electron chi connectivity index (χ4n) is 2.54. The normalized spacial score (nSPS) is 17.1. The van der Waals surface area contributed by atoms with Crippen molar-refractivity contribution in [1.29, 1.82) is 0 Å². The van der Waals surface area contributed by atoms with Crippen LogP contribution >= 0.6 is 0 Å². The first kappa shape index (κ1) is 16.2. The Kier molecular flexibility index (Phi) is 5.69. The third kappa shape index (κ3) is 4.16. The number of halogens is 1. The number of allylic oxidation sites excluding steroid dienone is 2. The largest absolute Gasteiger partial charge is 0.348 e. The van der Waals surface area contributed by atoms with Crippen LogP contribution in [0.15, 0.2) is 36.4 Å². The molecule has 0 fully saturated rings. The lowest BCUT2D eigenvalue weighted by atomic mass is 9.94. The van der Waals surface area contributed by atoms with Crippen molar-refractivity contribution in [1.82, 2.24) is 5.32 Å². The van der Waals surface area contributed by atoms with E-state index in [1.807, 2.05) is 0 Å². The summed E-state index contributed by atoms with van der Waals surface area (Å²) < 4.78 is 13.0. The molecule has 1 aromatic carbocycles. The summed E-state index contributed by atoms with van der Waals surface area (Å²) in [7, 11) is 0. The number of amides is 2. The zero-order valence-electron chi connectivity index (χ0n) is 12.7. The Bertz CT molecular complexity index is 554. The van der Waals surface area contributed by atoms with Gasteiger partial charge in [-0.05, 0) is 56.4 Å². The number of rotatable bonds is 4. The molecule has 1 atom stereocenters. The summed E-state index contributed by atoms with van der Waals surface area (Å²) in [6.45, 7) is 2.64. The lowest BCUT2D eigenvalue weighted by molar-refractivity contribution is -0.137. The molecule has 1 N–H and O–H groups in total. The molecule has 1 unspecified atom stereocenters. The van der Waals surface area contributed by atoms with Crippen molar-refractivity contribution in [3.63, 3.8) is 0 Å². The third-order valence-corrected chi connectivity index (χ3v) is 3.82. The predicted octanol–water partition coefficient (Wildman–Crippen LogP) is 2.65. The molecule has 4 nitrogen and oxygen atoms in total. The van der Waals surface area contributed by atoms with E-state index in [2.05, 4.69) is 17.5 Å². The zero-order chi connectivity index (χ0) is 15.9. The van der Waals surface area contributed by atoms with Crippen LogP contribution in [0, 0.1) is 11.7 Å². The van der Waals surface area contributed by atoms with Gasteiger partial charge < -0.3 is 10.2 Å². The number of nitrogens with zero attached hydrogens (tertiary/aromatic N) is 1. The van der Waals surface area contributed by atoms with Crippen LogP contribution in [0.4, 0.5) is 10.1 Å². The third-order valence-electron chi connectivity index (χ3n) is 3.82. The van der Waals surface area contributed by atoms with Crippen molar-refractivity contribution in [2.45, 2.75) is 26.2 Å². The number of nitrogens with one attached hydrogen (secondary N) is 1. The number of carbonyl (C=O) groups is 2. The van der Waals surface area contributed by atoms with Crippen LogP contribution in [0.1, 0.15) is 26.2 Å². The minimum absolute atomic E-state index is 0.351. The Hall–Kier alpha value is -2.17. The Labute approximate surface area is 130 Å². The second-order valence-corrected chi connectivity index (χ2v) is 5.39. The molecule has 22 heavy (non-hydrogen) atoms. The first-order chi connectivity index (χ1) is 10.6. The number of anilines is 1. The number of benzene rings is 1. The van der Waals surface area contributed by atoms with E-state index in [0.29, 0.717) is 24.7 Å². The smallest absolute Gasteiger partial charge is 0.316 e. The number of hydrogen-bond donors (Lipinski definition) is 1. The summed E-state index contributed by atoms with van der Waals surface area (Å²) in [6.07, 6.45) is 7.23. The van der Waals surface area contributed by atoms with E-state index in [4.69, 9.17) is 0 Å². The van der Waals surface area contributed by atoms with Gasteiger partial charge in [-0.1, -0.05) is 12.2 Å². The van der Waals surface area contributed by atoms with Crippen molar-refractivity contribution in [3.8, 4) is 0 Å². The minimum atomic E-state index is -0.611. The molecule has 1 aliphatic rings. The maximum absolute atomic E-state index is 13.0. The van der Waals surface area contributed by atoms with Crippen molar-refractivity contribution in [2.75, 3.05) is 18.0 Å². The second kappa shape index (κ2) is 7.73. The van der Waals surface area contributed by atoms with E-state index in [9.17, 15) is 14.0 Å². The summed E-state index contributed by atoms with van der Waals surface area (Å²) >= 11 is 0. The SMILES string of the molecule is CCN(C(=O)C(=O)NCC1CC=CCC1)c1ccc(F)cc1. The van der Waals surface area contributed by atoms with Gasteiger partial charge in [0.1, 0.15) is 5.82 Å². The average Bonchev–Trinajstić information content (AvgIpc) is 2.56. The van der Waals surface area contributed by atoms with E-state index >= 15 is 0 Å². The highest BCUT2D eigenvalue weighted by atomic mass is 19.1. The van der Waals surface area contributed by atoms with Crippen molar-refractivity contribution in [3.05, 3.63) is 42.2 Å². The second-order valence-electron chi connectivity index (χ2n) is 5.39. The van der Waals surface area contributed by atoms with Crippen LogP contribution in [0.25, 0.3) is 0 Å². The molecule has 1 aliphatic carbocycles. The average molecular weight is 304 g/mol. The molecular formula is C17H21FN2O2. The van der Waals surface area contributed by atoms with Crippen molar-refractivity contribution < 1.29 is 14.0 Å². The summed E-state index contributed by atoms with van der Waals surface area (Å²) in [6, 6.07) is 5.54. The monoisotopic (exact) mass is 304 g/mol. The van der Waals surface area contributed by atoms with E-state index in [1.54, 1.807) is 6.92 Å². The fourth-order valence-corrected chi connectivity index (χ4v) is 2.54. The topological polar surface area (TPSA) is 49.4 Å². The maximum atomic E-state index is 13.0. The van der Waals surface area contributed by atoms with E-state index in [-0.39, 0.29) is 5.82 Å². The lowest BCUT2D eigenvalue weighted by Gasteiger charge is -2.22. The summed E-state index contributed by atoms with van der Waals surface area (Å²) in [5.74, 6) is -1.20. The Balaban J connectivity index is 1.93. The van der Waals surface area contributed by atoms with Gasteiger partial charge in [-0.3, -0.25) is 9.59 Å². The van der Waals surface area contributed by atoms with Crippen molar-refractivity contribution >= 4 is 17.5 Å². The minimum Gasteiger partial charge on any atom is -0.348 e.